The van der Waals surface area contributed by atoms with E-state index in [-0.39, 0.29) is 21.1 Å². The van der Waals surface area contributed by atoms with Crippen LogP contribution in [0, 0.1) is 0 Å². The number of hydrogen-bond donors (Lipinski definition) is 0. The first-order valence-corrected chi connectivity index (χ1v) is 10.6. The van der Waals surface area contributed by atoms with Crippen LogP contribution >= 0.6 is 11.9 Å². The van der Waals surface area contributed by atoms with Gasteiger partial charge in [-0.1, -0.05) is 13.3 Å². The molecule has 0 saturated carbocycles. The molecule has 0 spiro atoms. The van der Waals surface area contributed by atoms with Crippen LogP contribution < -0.4 is 0 Å². The van der Waals surface area contributed by atoms with Crippen molar-refractivity contribution < 1.29 is 4.29 Å². The summed E-state index contributed by atoms with van der Waals surface area (Å²) in [5.74, 6) is 0. The van der Waals surface area contributed by atoms with Crippen LogP contribution in [0.4, 0.5) is 0 Å². The van der Waals surface area contributed by atoms with Gasteiger partial charge in [0.15, 0.2) is 0 Å². The fraction of sp³-hybridized carbons (Fsp3) is 1.00. The maximum atomic E-state index is 4.88. The van der Waals surface area contributed by atoms with Crippen LogP contribution in [0.15, 0.2) is 0 Å². The predicted molar refractivity (Wildman–Crippen MR) is 71.9 cm³/mol. The molecule has 0 amide bonds. The Kier molecular flexibility index (Phi) is 25.1. The Morgan fingerprint density at radius 1 is 0.867 bits per heavy atom. The van der Waals surface area contributed by atoms with Crippen molar-refractivity contribution in [3.8, 4) is 0 Å². The Morgan fingerprint density at radius 3 is 1.60 bits per heavy atom. The van der Waals surface area contributed by atoms with Gasteiger partial charge < -0.3 is 0 Å². The van der Waals surface area contributed by atoms with Crippen molar-refractivity contribution in [2.45, 2.75) is 68.2 Å². The van der Waals surface area contributed by atoms with Crippen LogP contribution in [0.1, 0.15) is 59.3 Å². The van der Waals surface area contributed by atoms with Gasteiger partial charge in [-0.2, -0.15) is 0 Å². The average molecular weight is 342 g/mol. The van der Waals surface area contributed by atoms with Crippen molar-refractivity contribution in [1.29, 1.82) is 0 Å². The van der Waals surface area contributed by atoms with Crippen LogP contribution in [0.25, 0.3) is 0 Å². The van der Waals surface area contributed by atoms with E-state index in [4.69, 9.17) is 11.9 Å². The van der Waals surface area contributed by atoms with Crippen LogP contribution in [-0.2, 0) is 4.29 Å². The molecule has 1 nitrogen and oxygen atoms in total. The molecule has 0 radical (unpaired) electrons. The van der Waals surface area contributed by atoms with Crippen molar-refractivity contribution in [2.75, 3.05) is 6.61 Å². The molecule has 0 saturated heterocycles. The van der Waals surface area contributed by atoms with Gasteiger partial charge in [0.1, 0.15) is 0 Å². The molecule has 0 aliphatic carbocycles. The summed E-state index contributed by atoms with van der Waals surface area (Å²) in [6, 6.07) is 0. The second-order valence-electron chi connectivity index (χ2n) is 3.62. The first-order chi connectivity index (χ1) is 7.33. The van der Waals surface area contributed by atoms with Gasteiger partial charge >= 0.3 is 69.5 Å². The summed E-state index contributed by atoms with van der Waals surface area (Å²) in [5, 5.41) is 0. The second kappa shape index (κ2) is 20.5. The summed E-state index contributed by atoms with van der Waals surface area (Å²) in [6.45, 7) is 7.35. The Hall–Kier alpha value is 1.05. The first kappa shape index (κ1) is 18.4. The molecule has 0 aliphatic heterocycles. The molecule has 0 heterocycles. The number of hydrogen-bond acceptors (Lipinski definition) is 1. The van der Waals surface area contributed by atoms with Crippen LogP contribution in [0.2, 0.25) is 8.87 Å². The van der Waals surface area contributed by atoms with Crippen LogP contribution in [-0.4, -0.2) is 27.7 Å². The van der Waals surface area contributed by atoms with E-state index >= 15 is 0 Å². The van der Waals surface area contributed by atoms with Crippen molar-refractivity contribution in [2.24, 2.45) is 0 Å². The third-order valence-electron chi connectivity index (χ3n) is 1.99. The van der Waals surface area contributed by atoms with Crippen molar-refractivity contribution in [3.05, 3.63) is 0 Å². The van der Waals surface area contributed by atoms with Gasteiger partial charge in [0.2, 0.25) is 0 Å². The average Bonchev–Trinajstić information content (AvgIpc) is 2.27. The molecule has 15 heavy (non-hydrogen) atoms. The summed E-state index contributed by atoms with van der Waals surface area (Å²) in [6.07, 6.45) is 8.04. The van der Waals surface area contributed by atoms with E-state index in [9.17, 15) is 0 Å². The van der Waals surface area contributed by atoms with E-state index in [1.807, 2.05) is 0 Å². The molecule has 0 aliphatic rings. The Morgan fingerprint density at radius 2 is 1.33 bits per heavy atom. The third-order valence-corrected chi connectivity index (χ3v) is 6.18. The molecule has 0 rings (SSSR count). The zero-order chi connectivity index (χ0) is 11.8. The molecule has 0 atom stereocenters. The predicted octanol–water partition coefficient (Wildman–Crippen LogP) is 5.08. The van der Waals surface area contributed by atoms with Crippen molar-refractivity contribution in [1.82, 2.24) is 0 Å². The molecule has 0 aromatic heterocycles. The minimum absolute atomic E-state index is 0.149. The summed E-state index contributed by atoms with van der Waals surface area (Å²) in [7, 11) is 0. The topological polar surface area (TPSA) is 9.23 Å². The van der Waals surface area contributed by atoms with Gasteiger partial charge in [-0.25, -0.2) is 0 Å². The van der Waals surface area contributed by atoms with Gasteiger partial charge in [0, 0.05) is 0 Å². The van der Waals surface area contributed by atoms with Gasteiger partial charge in [0.05, 0.1) is 18.5 Å². The fourth-order valence-electron chi connectivity index (χ4n) is 0.927. The van der Waals surface area contributed by atoms with Crippen molar-refractivity contribution in [3.63, 3.8) is 0 Å². The zero-order valence-corrected chi connectivity index (χ0v) is 14.3. The third kappa shape index (κ3) is 25.4. The van der Waals surface area contributed by atoms with E-state index < -0.39 is 0 Å². The van der Waals surface area contributed by atoms with Gasteiger partial charge in [0.25, 0.3) is 0 Å². The Labute approximate surface area is 112 Å². The monoisotopic (exact) mass is 342 g/mol. The molecule has 3 heteroatoms. The Balaban J connectivity index is 0. The number of unbranched alkanes of at least 4 members (excludes halogenated alkanes) is 3. The molecule has 90 valence electrons. The van der Waals surface area contributed by atoms with Crippen LogP contribution in [0.5, 0.6) is 0 Å². The normalized spacial score (nSPS) is 9.07. The second-order valence-corrected chi connectivity index (χ2v) is 8.12. The quantitative estimate of drug-likeness (QED) is 0.419. The van der Waals surface area contributed by atoms with Crippen LogP contribution in [0.3, 0.4) is 0 Å². The number of rotatable bonds is 9. The molecule has 0 unspecified atom stereocenters. The summed E-state index contributed by atoms with van der Waals surface area (Å²) in [4.78, 5) is 0. The maximum absolute atomic E-state index is 4.88. The molecule has 0 N–H and O–H groups in total. The van der Waals surface area contributed by atoms with E-state index in [1.165, 1.54) is 25.7 Å². The molecular formula is C12H27ClOSn+2. The van der Waals surface area contributed by atoms with E-state index in [2.05, 4.69) is 25.1 Å². The SMILES string of the molecule is CCCCOCl.CCC[CH2][Sn+2][CH2]CCC. The fourth-order valence-corrected chi connectivity index (χ4v) is 5.20. The molecular weight excluding hydrogens is 314 g/mol. The van der Waals surface area contributed by atoms with Gasteiger partial charge in [-0.15, -0.1) is 0 Å². The number of halogens is 1. The van der Waals surface area contributed by atoms with E-state index in [0.29, 0.717) is 6.61 Å². The van der Waals surface area contributed by atoms with E-state index in [0.717, 1.165) is 12.8 Å². The summed E-state index contributed by atoms with van der Waals surface area (Å²) in [5.41, 5.74) is 0. The summed E-state index contributed by atoms with van der Waals surface area (Å²) < 4.78 is 7.50. The molecule has 0 bridgehead atoms. The summed E-state index contributed by atoms with van der Waals surface area (Å²) >= 11 is 5.03. The first-order valence-electron chi connectivity index (χ1n) is 6.27. The van der Waals surface area contributed by atoms with Gasteiger partial charge in [-0.3, -0.25) is 4.29 Å². The van der Waals surface area contributed by atoms with Gasteiger partial charge in [-0.05, 0) is 6.42 Å². The molecule has 0 fully saturated rings. The standard InChI is InChI=1S/C4H9ClO.2C4H9.Sn/c1-2-3-4-6-5;2*1-3-4-2;/h2-4H2,1H3;2*1,3-4H2,2H3;/q;;;+2. The molecule has 0 aromatic rings. The van der Waals surface area contributed by atoms with Crippen molar-refractivity contribution >= 4 is 33.0 Å². The zero-order valence-electron chi connectivity index (χ0n) is 10.7. The Bertz CT molecular complexity index is 81.7. The molecule has 0 aromatic carbocycles. The van der Waals surface area contributed by atoms with E-state index in [1.54, 1.807) is 8.87 Å². The minimum atomic E-state index is 0.149.